The quantitative estimate of drug-likeness (QED) is 0.882. The van der Waals surface area contributed by atoms with E-state index in [1.165, 1.54) is 0 Å². The van der Waals surface area contributed by atoms with Crippen molar-refractivity contribution in [1.82, 2.24) is 4.90 Å². The number of hydrogen-bond acceptors (Lipinski definition) is 3. The van der Waals surface area contributed by atoms with Gasteiger partial charge in [-0.25, -0.2) is 4.79 Å². The van der Waals surface area contributed by atoms with Crippen LogP contribution >= 0.6 is 0 Å². The van der Waals surface area contributed by atoms with Crippen LogP contribution in [0.1, 0.15) is 18.4 Å². The van der Waals surface area contributed by atoms with Crippen LogP contribution in [0.3, 0.4) is 0 Å². The van der Waals surface area contributed by atoms with Gasteiger partial charge < -0.3 is 20.3 Å². The first kappa shape index (κ1) is 17.8. The van der Waals surface area contributed by atoms with Gasteiger partial charge in [-0.3, -0.25) is 4.79 Å². The Morgan fingerprint density at radius 3 is 2.27 bits per heavy atom. The molecule has 1 heterocycles. The number of nitrogens with one attached hydrogen (secondary N) is 2. The fraction of sp³-hybridized carbons (Fsp3) is 0.300. The first-order chi connectivity index (χ1) is 12.6. The van der Waals surface area contributed by atoms with Crippen molar-refractivity contribution in [2.75, 3.05) is 24.3 Å². The molecule has 1 aliphatic rings. The Kier molecular flexibility index (Phi) is 5.41. The number of anilines is 2. The van der Waals surface area contributed by atoms with Crippen molar-refractivity contribution in [2.45, 2.75) is 25.8 Å². The molecule has 1 fully saturated rings. The Morgan fingerprint density at radius 2 is 1.62 bits per heavy atom. The van der Waals surface area contributed by atoms with Gasteiger partial charge in [0.1, 0.15) is 11.8 Å². The molecule has 0 aliphatic carbocycles. The van der Waals surface area contributed by atoms with Crippen molar-refractivity contribution in [3.63, 3.8) is 0 Å². The van der Waals surface area contributed by atoms with E-state index in [0.717, 1.165) is 23.4 Å². The third-order valence-corrected chi connectivity index (χ3v) is 4.48. The van der Waals surface area contributed by atoms with E-state index in [2.05, 4.69) is 10.6 Å². The van der Waals surface area contributed by atoms with E-state index in [-0.39, 0.29) is 11.9 Å². The molecule has 0 saturated carbocycles. The predicted octanol–water partition coefficient (Wildman–Crippen LogP) is 3.64. The number of carbonyl (C=O) groups excluding carboxylic acids is 2. The molecule has 2 aromatic rings. The van der Waals surface area contributed by atoms with Crippen LogP contribution in [-0.2, 0) is 4.79 Å². The molecular formula is C20H23N3O3. The smallest absolute Gasteiger partial charge is 0.322 e. The highest BCUT2D eigenvalue weighted by Gasteiger charge is 2.34. The highest BCUT2D eigenvalue weighted by Crippen LogP contribution is 2.22. The Bertz CT molecular complexity index is 772. The van der Waals surface area contributed by atoms with Crippen LogP contribution in [0.25, 0.3) is 0 Å². The fourth-order valence-electron chi connectivity index (χ4n) is 3.01. The van der Waals surface area contributed by atoms with Crippen molar-refractivity contribution in [1.29, 1.82) is 0 Å². The van der Waals surface area contributed by atoms with Crippen molar-refractivity contribution in [2.24, 2.45) is 0 Å². The second-order valence-corrected chi connectivity index (χ2v) is 6.37. The normalized spacial score (nSPS) is 16.2. The molecule has 0 aromatic heterocycles. The van der Waals surface area contributed by atoms with Crippen molar-refractivity contribution in [3.05, 3.63) is 54.1 Å². The van der Waals surface area contributed by atoms with Crippen molar-refractivity contribution < 1.29 is 14.3 Å². The zero-order chi connectivity index (χ0) is 18.5. The van der Waals surface area contributed by atoms with Gasteiger partial charge in [-0.05, 0) is 56.2 Å². The topological polar surface area (TPSA) is 70.7 Å². The van der Waals surface area contributed by atoms with Crippen molar-refractivity contribution in [3.8, 4) is 5.75 Å². The number of carbonyl (C=O) groups is 2. The van der Waals surface area contributed by atoms with Crippen molar-refractivity contribution >= 4 is 23.3 Å². The Hall–Kier alpha value is -3.02. The van der Waals surface area contributed by atoms with E-state index in [1.807, 2.05) is 31.2 Å². The van der Waals surface area contributed by atoms with E-state index in [9.17, 15) is 9.59 Å². The second-order valence-electron chi connectivity index (χ2n) is 6.37. The highest BCUT2D eigenvalue weighted by molar-refractivity contribution is 5.99. The number of likely N-dealkylation sites (tertiary alicyclic amines) is 1. The zero-order valence-electron chi connectivity index (χ0n) is 15.0. The summed E-state index contributed by atoms with van der Waals surface area (Å²) in [6, 6.07) is 14.0. The number of aryl methyl sites for hydroxylation is 1. The van der Waals surface area contributed by atoms with E-state index >= 15 is 0 Å². The largest absolute Gasteiger partial charge is 0.497 e. The summed E-state index contributed by atoms with van der Waals surface area (Å²) in [5, 5.41) is 5.74. The number of rotatable bonds is 4. The maximum absolute atomic E-state index is 12.6. The lowest BCUT2D eigenvalue weighted by Crippen LogP contribution is -2.45. The summed E-state index contributed by atoms with van der Waals surface area (Å²) in [5.74, 6) is 0.551. The Morgan fingerprint density at radius 1 is 1.00 bits per heavy atom. The van der Waals surface area contributed by atoms with Crippen LogP contribution in [0.15, 0.2) is 48.5 Å². The fourth-order valence-corrected chi connectivity index (χ4v) is 3.01. The average molecular weight is 353 g/mol. The number of benzene rings is 2. The SMILES string of the molecule is COc1ccc(NC(=O)[C@@H]2CCCN2C(=O)Nc2ccc(C)cc2)cc1. The number of nitrogens with zero attached hydrogens (tertiary/aromatic N) is 1. The first-order valence-corrected chi connectivity index (χ1v) is 8.66. The minimum Gasteiger partial charge on any atom is -0.497 e. The molecule has 1 atom stereocenters. The van der Waals surface area contributed by atoms with Gasteiger partial charge >= 0.3 is 6.03 Å². The maximum Gasteiger partial charge on any atom is 0.322 e. The lowest BCUT2D eigenvalue weighted by atomic mass is 10.2. The monoisotopic (exact) mass is 353 g/mol. The van der Waals surface area contributed by atoms with E-state index < -0.39 is 6.04 Å². The first-order valence-electron chi connectivity index (χ1n) is 8.66. The Balaban J connectivity index is 1.63. The molecule has 136 valence electrons. The summed E-state index contributed by atoms with van der Waals surface area (Å²) in [6.45, 7) is 2.56. The molecule has 1 saturated heterocycles. The molecule has 6 nitrogen and oxygen atoms in total. The molecule has 6 heteroatoms. The predicted molar refractivity (Wildman–Crippen MR) is 102 cm³/mol. The summed E-state index contributed by atoms with van der Waals surface area (Å²) >= 11 is 0. The van der Waals surface area contributed by atoms with Gasteiger partial charge in [0.05, 0.1) is 7.11 Å². The lowest BCUT2D eigenvalue weighted by Gasteiger charge is -2.24. The van der Waals surface area contributed by atoms with Gasteiger partial charge in [0.2, 0.25) is 5.91 Å². The molecule has 0 spiro atoms. The molecule has 1 aliphatic heterocycles. The molecule has 3 amide bonds. The highest BCUT2D eigenvalue weighted by atomic mass is 16.5. The van der Waals surface area contributed by atoms with Gasteiger partial charge in [0, 0.05) is 17.9 Å². The number of methoxy groups -OCH3 is 1. The van der Waals surface area contributed by atoms with Crippen LogP contribution in [-0.4, -0.2) is 36.5 Å². The number of urea groups is 1. The lowest BCUT2D eigenvalue weighted by molar-refractivity contribution is -0.119. The molecule has 3 rings (SSSR count). The molecule has 0 unspecified atom stereocenters. The van der Waals surface area contributed by atoms with Crippen LogP contribution in [0.2, 0.25) is 0 Å². The number of amides is 3. The molecule has 2 aromatic carbocycles. The van der Waals surface area contributed by atoms with Gasteiger partial charge in [0.25, 0.3) is 0 Å². The average Bonchev–Trinajstić information content (AvgIpc) is 3.14. The van der Waals surface area contributed by atoms with Crippen LogP contribution in [0, 0.1) is 6.92 Å². The van der Waals surface area contributed by atoms with Crippen LogP contribution in [0.4, 0.5) is 16.2 Å². The number of ether oxygens (including phenoxy) is 1. The zero-order valence-corrected chi connectivity index (χ0v) is 15.0. The van der Waals surface area contributed by atoms with Crippen LogP contribution < -0.4 is 15.4 Å². The minimum absolute atomic E-state index is 0.174. The molecular weight excluding hydrogens is 330 g/mol. The van der Waals surface area contributed by atoms with E-state index in [1.54, 1.807) is 36.3 Å². The molecule has 2 N–H and O–H groups in total. The standard InChI is InChI=1S/C20H23N3O3/c1-14-5-7-16(8-6-14)22-20(25)23-13-3-4-18(23)19(24)21-15-9-11-17(26-2)12-10-15/h5-12,18H,3-4,13H2,1-2H3,(H,21,24)(H,22,25)/t18-/m0/s1. The second kappa shape index (κ2) is 7.91. The summed E-state index contributed by atoms with van der Waals surface area (Å²) in [5.41, 5.74) is 2.53. The third kappa shape index (κ3) is 4.14. The summed E-state index contributed by atoms with van der Waals surface area (Å²) in [4.78, 5) is 26.8. The minimum atomic E-state index is -0.470. The number of hydrogen-bond donors (Lipinski definition) is 2. The van der Waals surface area contributed by atoms with Gasteiger partial charge in [-0.2, -0.15) is 0 Å². The third-order valence-electron chi connectivity index (χ3n) is 4.48. The van der Waals surface area contributed by atoms with Gasteiger partial charge in [-0.15, -0.1) is 0 Å². The van der Waals surface area contributed by atoms with E-state index in [0.29, 0.717) is 18.7 Å². The summed E-state index contributed by atoms with van der Waals surface area (Å²) in [7, 11) is 1.59. The molecule has 0 bridgehead atoms. The molecule has 26 heavy (non-hydrogen) atoms. The summed E-state index contributed by atoms with van der Waals surface area (Å²) in [6.07, 6.45) is 1.46. The summed E-state index contributed by atoms with van der Waals surface area (Å²) < 4.78 is 5.11. The van der Waals surface area contributed by atoms with Gasteiger partial charge in [0.15, 0.2) is 0 Å². The maximum atomic E-state index is 12.6. The Labute approximate surface area is 153 Å². The molecule has 0 radical (unpaired) electrons. The van der Waals surface area contributed by atoms with Crippen LogP contribution in [0.5, 0.6) is 5.75 Å². The van der Waals surface area contributed by atoms with E-state index in [4.69, 9.17) is 4.74 Å². The van der Waals surface area contributed by atoms with Gasteiger partial charge in [-0.1, -0.05) is 17.7 Å².